The Labute approximate surface area is 87.6 Å². The smallest absolute Gasteiger partial charge is 0.341 e. The minimum atomic E-state index is -0.303. The van der Waals surface area contributed by atoms with Crippen molar-refractivity contribution in [2.75, 3.05) is 18.6 Å². The second-order valence-electron chi connectivity index (χ2n) is 2.71. The highest BCUT2D eigenvalue weighted by atomic mass is 32.2. The number of aromatic nitrogens is 2. The molecular weight excluding hydrogens is 200 g/mol. The number of hydrogen-bond acceptors (Lipinski definition) is 4. The first kappa shape index (κ1) is 11.1. The standard InChI is InChI=1S/C9H14N2O2S/c1-3-13-9(12)8-6-10-11(7-8)4-5-14-2/h6-7H,3-5H2,1-2H3. The lowest BCUT2D eigenvalue weighted by atomic mass is 10.4. The summed E-state index contributed by atoms with van der Waals surface area (Å²) in [6.07, 6.45) is 5.29. The highest BCUT2D eigenvalue weighted by molar-refractivity contribution is 7.98. The third kappa shape index (κ3) is 3.06. The predicted octanol–water partition coefficient (Wildman–Crippen LogP) is 1.42. The Morgan fingerprint density at radius 2 is 2.50 bits per heavy atom. The monoisotopic (exact) mass is 214 g/mol. The number of carbonyl (C=O) groups is 1. The van der Waals surface area contributed by atoms with Gasteiger partial charge in [-0.25, -0.2) is 4.79 Å². The molecule has 0 bridgehead atoms. The molecule has 0 saturated heterocycles. The zero-order chi connectivity index (χ0) is 10.4. The molecule has 0 amide bonds. The third-order valence-corrected chi connectivity index (χ3v) is 2.26. The van der Waals surface area contributed by atoms with E-state index in [1.807, 2.05) is 6.26 Å². The minimum absolute atomic E-state index is 0.303. The van der Waals surface area contributed by atoms with Gasteiger partial charge >= 0.3 is 5.97 Å². The Kier molecular flexibility index (Phi) is 4.52. The molecule has 14 heavy (non-hydrogen) atoms. The topological polar surface area (TPSA) is 44.1 Å². The van der Waals surface area contributed by atoms with Gasteiger partial charge in [-0.15, -0.1) is 0 Å². The number of nitrogens with zero attached hydrogens (tertiary/aromatic N) is 2. The molecule has 78 valence electrons. The molecule has 4 nitrogen and oxygen atoms in total. The number of thioether (sulfide) groups is 1. The molecule has 1 rings (SSSR count). The number of carbonyl (C=O) groups excluding carboxylic acids is 1. The molecule has 1 aromatic heterocycles. The summed E-state index contributed by atoms with van der Waals surface area (Å²) < 4.78 is 6.60. The highest BCUT2D eigenvalue weighted by Crippen LogP contribution is 2.02. The Hall–Kier alpha value is -0.970. The van der Waals surface area contributed by atoms with Gasteiger partial charge in [-0.05, 0) is 13.2 Å². The average molecular weight is 214 g/mol. The fraction of sp³-hybridized carbons (Fsp3) is 0.556. The van der Waals surface area contributed by atoms with E-state index in [1.165, 1.54) is 0 Å². The zero-order valence-electron chi connectivity index (χ0n) is 8.40. The van der Waals surface area contributed by atoms with Crippen molar-refractivity contribution in [3.05, 3.63) is 18.0 Å². The number of ether oxygens (including phenoxy) is 1. The summed E-state index contributed by atoms with van der Waals surface area (Å²) in [6, 6.07) is 0. The maximum atomic E-state index is 11.3. The van der Waals surface area contributed by atoms with E-state index in [9.17, 15) is 4.79 Å². The van der Waals surface area contributed by atoms with Crippen LogP contribution in [-0.2, 0) is 11.3 Å². The van der Waals surface area contributed by atoms with Crippen LogP contribution in [0.5, 0.6) is 0 Å². The van der Waals surface area contributed by atoms with Gasteiger partial charge in [0.15, 0.2) is 0 Å². The van der Waals surface area contributed by atoms with E-state index in [1.54, 1.807) is 35.8 Å². The van der Waals surface area contributed by atoms with Crippen LogP contribution in [0.15, 0.2) is 12.4 Å². The van der Waals surface area contributed by atoms with E-state index in [0.717, 1.165) is 12.3 Å². The Morgan fingerprint density at radius 3 is 3.14 bits per heavy atom. The van der Waals surface area contributed by atoms with Gasteiger partial charge in [-0.2, -0.15) is 16.9 Å². The molecule has 1 heterocycles. The molecule has 0 aliphatic carbocycles. The molecule has 0 aliphatic rings. The molecule has 0 fully saturated rings. The van der Waals surface area contributed by atoms with Crippen LogP contribution in [0.3, 0.4) is 0 Å². The van der Waals surface area contributed by atoms with E-state index in [4.69, 9.17) is 4.74 Å². The van der Waals surface area contributed by atoms with Crippen LogP contribution in [0.2, 0.25) is 0 Å². The summed E-state index contributed by atoms with van der Waals surface area (Å²) in [6.45, 7) is 3.01. The van der Waals surface area contributed by atoms with Gasteiger partial charge in [0.25, 0.3) is 0 Å². The highest BCUT2D eigenvalue weighted by Gasteiger charge is 2.08. The van der Waals surface area contributed by atoms with Crippen molar-refractivity contribution in [3.63, 3.8) is 0 Å². The summed E-state index contributed by atoms with van der Waals surface area (Å²) in [5, 5.41) is 4.06. The molecule has 0 N–H and O–H groups in total. The second-order valence-corrected chi connectivity index (χ2v) is 3.69. The predicted molar refractivity (Wildman–Crippen MR) is 56.6 cm³/mol. The van der Waals surface area contributed by atoms with Crippen LogP contribution in [0.4, 0.5) is 0 Å². The summed E-state index contributed by atoms with van der Waals surface area (Å²) in [5.41, 5.74) is 0.521. The first-order valence-corrected chi connectivity index (χ1v) is 5.85. The molecule has 0 unspecified atom stereocenters. The molecule has 0 spiro atoms. The quantitative estimate of drug-likeness (QED) is 0.695. The Bertz CT molecular complexity index is 299. The van der Waals surface area contributed by atoms with Gasteiger partial charge in [0, 0.05) is 18.5 Å². The SMILES string of the molecule is CCOC(=O)c1cnn(CCSC)c1. The van der Waals surface area contributed by atoms with Gasteiger partial charge in [0.05, 0.1) is 18.4 Å². The fourth-order valence-corrected chi connectivity index (χ4v) is 1.36. The lowest BCUT2D eigenvalue weighted by Gasteiger charge is -1.98. The molecule has 0 atom stereocenters. The van der Waals surface area contributed by atoms with E-state index in [0.29, 0.717) is 12.2 Å². The van der Waals surface area contributed by atoms with Crippen LogP contribution in [-0.4, -0.2) is 34.4 Å². The van der Waals surface area contributed by atoms with Crippen molar-refractivity contribution in [2.24, 2.45) is 0 Å². The Balaban J connectivity index is 2.54. The molecular formula is C9H14N2O2S. The van der Waals surface area contributed by atoms with Crippen molar-refractivity contribution in [3.8, 4) is 0 Å². The van der Waals surface area contributed by atoms with Gasteiger partial charge < -0.3 is 4.74 Å². The maximum absolute atomic E-state index is 11.3. The molecule has 0 radical (unpaired) electrons. The first-order chi connectivity index (χ1) is 6.77. The van der Waals surface area contributed by atoms with Crippen molar-refractivity contribution in [2.45, 2.75) is 13.5 Å². The normalized spacial score (nSPS) is 10.1. The minimum Gasteiger partial charge on any atom is -0.462 e. The van der Waals surface area contributed by atoms with Crippen molar-refractivity contribution in [1.82, 2.24) is 9.78 Å². The number of esters is 1. The zero-order valence-corrected chi connectivity index (χ0v) is 9.21. The van der Waals surface area contributed by atoms with Crippen LogP contribution in [0.25, 0.3) is 0 Å². The summed E-state index contributed by atoms with van der Waals surface area (Å²) >= 11 is 1.75. The largest absolute Gasteiger partial charge is 0.462 e. The third-order valence-electron chi connectivity index (χ3n) is 1.67. The number of aryl methyl sites for hydroxylation is 1. The lowest BCUT2D eigenvalue weighted by molar-refractivity contribution is 0.0526. The fourth-order valence-electron chi connectivity index (χ4n) is 0.991. The first-order valence-electron chi connectivity index (χ1n) is 4.46. The van der Waals surface area contributed by atoms with Gasteiger partial charge in [0.1, 0.15) is 0 Å². The van der Waals surface area contributed by atoms with Crippen LogP contribution in [0, 0.1) is 0 Å². The van der Waals surface area contributed by atoms with Crippen LogP contribution >= 0.6 is 11.8 Å². The Morgan fingerprint density at radius 1 is 1.71 bits per heavy atom. The van der Waals surface area contributed by atoms with Crippen molar-refractivity contribution in [1.29, 1.82) is 0 Å². The number of hydrogen-bond donors (Lipinski definition) is 0. The molecule has 5 heteroatoms. The summed E-state index contributed by atoms with van der Waals surface area (Å²) in [5.74, 6) is 0.687. The van der Waals surface area contributed by atoms with Gasteiger partial charge in [0.2, 0.25) is 0 Å². The lowest BCUT2D eigenvalue weighted by Crippen LogP contribution is -2.04. The van der Waals surface area contributed by atoms with E-state index >= 15 is 0 Å². The van der Waals surface area contributed by atoms with Crippen molar-refractivity contribution < 1.29 is 9.53 Å². The second kappa shape index (κ2) is 5.70. The molecule has 0 aliphatic heterocycles. The maximum Gasteiger partial charge on any atom is 0.341 e. The van der Waals surface area contributed by atoms with Gasteiger partial charge in [-0.3, -0.25) is 4.68 Å². The van der Waals surface area contributed by atoms with Crippen LogP contribution < -0.4 is 0 Å². The average Bonchev–Trinajstić information content (AvgIpc) is 2.63. The molecule has 0 aromatic carbocycles. The molecule has 1 aromatic rings. The van der Waals surface area contributed by atoms with E-state index < -0.39 is 0 Å². The van der Waals surface area contributed by atoms with E-state index in [2.05, 4.69) is 5.10 Å². The summed E-state index contributed by atoms with van der Waals surface area (Å²) in [4.78, 5) is 11.3. The van der Waals surface area contributed by atoms with Crippen LogP contribution in [0.1, 0.15) is 17.3 Å². The van der Waals surface area contributed by atoms with E-state index in [-0.39, 0.29) is 5.97 Å². The summed E-state index contributed by atoms with van der Waals surface area (Å²) in [7, 11) is 0. The van der Waals surface area contributed by atoms with Gasteiger partial charge in [-0.1, -0.05) is 0 Å². The molecule has 0 saturated carbocycles. The van der Waals surface area contributed by atoms with Crippen molar-refractivity contribution >= 4 is 17.7 Å². The number of rotatable bonds is 5.